The predicted octanol–water partition coefficient (Wildman–Crippen LogP) is 2.02. The minimum absolute atomic E-state index is 0.167. The Kier molecular flexibility index (Phi) is 2.31. The van der Waals surface area contributed by atoms with Crippen molar-refractivity contribution in [2.24, 2.45) is 0 Å². The quantitative estimate of drug-likeness (QED) is 0.677. The molecule has 2 nitrogen and oxygen atoms in total. The molecule has 2 heteroatoms. The fraction of sp³-hybridized carbons (Fsp3) is 0.583. The second kappa shape index (κ2) is 3.35. The largest absolute Gasteiger partial charge is 0.312 e. The van der Waals surface area contributed by atoms with E-state index in [4.69, 9.17) is 0 Å². The summed E-state index contributed by atoms with van der Waals surface area (Å²) >= 11 is 0. The summed E-state index contributed by atoms with van der Waals surface area (Å²) in [5.74, 6) is 0. The van der Waals surface area contributed by atoms with E-state index in [1.807, 2.05) is 6.20 Å². The van der Waals surface area contributed by atoms with Gasteiger partial charge in [-0.25, -0.2) is 0 Å². The molecule has 0 aromatic carbocycles. The van der Waals surface area contributed by atoms with E-state index in [1.54, 1.807) is 0 Å². The monoisotopic (exact) mass is 190 g/mol. The van der Waals surface area contributed by atoms with Crippen molar-refractivity contribution < 1.29 is 0 Å². The van der Waals surface area contributed by atoms with Crippen LogP contribution in [0.2, 0.25) is 0 Å². The van der Waals surface area contributed by atoms with Crippen molar-refractivity contribution in [2.75, 3.05) is 6.54 Å². The van der Waals surface area contributed by atoms with Crippen molar-refractivity contribution >= 4 is 0 Å². The standard InChI is InChI=1S/C12H18N2/c1-12(2,3)11-6-9-4-5-13-7-10(9)8-14-11/h6,8,13H,4-5,7H2,1-3H3. The summed E-state index contributed by atoms with van der Waals surface area (Å²) < 4.78 is 0. The SMILES string of the molecule is CC(C)(C)c1cc2c(cn1)CNCC2. The van der Waals surface area contributed by atoms with Gasteiger partial charge in [-0.1, -0.05) is 20.8 Å². The fourth-order valence-corrected chi connectivity index (χ4v) is 1.77. The summed E-state index contributed by atoms with van der Waals surface area (Å²) in [5.41, 5.74) is 4.21. The van der Waals surface area contributed by atoms with Crippen molar-refractivity contribution in [1.82, 2.24) is 10.3 Å². The number of pyridine rings is 1. The van der Waals surface area contributed by atoms with Gasteiger partial charge in [0, 0.05) is 23.9 Å². The molecule has 14 heavy (non-hydrogen) atoms. The minimum atomic E-state index is 0.167. The topological polar surface area (TPSA) is 24.9 Å². The number of nitrogens with one attached hydrogen (secondary N) is 1. The van der Waals surface area contributed by atoms with Gasteiger partial charge in [0.05, 0.1) is 0 Å². The molecule has 0 fully saturated rings. The maximum Gasteiger partial charge on any atom is 0.0460 e. The molecule has 0 unspecified atom stereocenters. The molecule has 0 saturated heterocycles. The van der Waals surface area contributed by atoms with Gasteiger partial charge in [0.15, 0.2) is 0 Å². The molecular formula is C12H18N2. The van der Waals surface area contributed by atoms with Gasteiger partial charge in [0.2, 0.25) is 0 Å². The summed E-state index contributed by atoms with van der Waals surface area (Å²) in [6, 6.07) is 2.27. The minimum Gasteiger partial charge on any atom is -0.312 e. The molecule has 1 N–H and O–H groups in total. The van der Waals surface area contributed by atoms with Crippen molar-refractivity contribution in [1.29, 1.82) is 0 Å². The molecule has 2 rings (SSSR count). The first kappa shape index (κ1) is 9.66. The van der Waals surface area contributed by atoms with Gasteiger partial charge < -0.3 is 5.32 Å². The summed E-state index contributed by atoms with van der Waals surface area (Å²) in [6.45, 7) is 8.71. The number of nitrogens with zero attached hydrogens (tertiary/aromatic N) is 1. The molecule has 76 valence electrons. The predicted molar refractivity (Wildman–Crippen MR) is 58.3 cm³/mol. The first-order valence-corrected chi connectivity index (χ1v) is 5.26. The molecule has 0 saturated carbocycles. The molecule has 0 bridgehead atoms. The Morgan fingerprint density at radius 2 is 2.07 bits per heavy atom. The smallest absolute Gasteiger partial charge is 0.0460 e. The van der Waals surface area contributed by atoms with Gasteiger partial charge in [-0.05, 0) is 30.2 Å². The van der Waals surface area contributed by atoms with Crippen LogP contribution in [0, 0.1) is 0 Å². The lowest BCUT2D eigenvalue weighted by molar-refractivity contribution is 0.561. The average molecular weight is 190 g/mol. The second-order valence-electron chi connectivity index (χ2n) is 5.02. The van der Waals surface area contributed by atoms with Crippen molar-refractivity contribution in [2.45, 2.75) is 39.2 Å². The Morgan fingerprint density at radius 1 is 1.29 bits per heavy atom. The molecule has 0 amide bonds. The van der Waals surface area contributed by atoms with Crippen LogP contribution in [0.15, 0.2) is 12.3 Å². The van der Waals surface area contributed by atoms with Gasteiger partial charge >= 0.3 is 0 Å². The zero-order valence-electron chi connectivity index (χ0n) is 9.22. The second-order valence-corrected chi connectivity index (χ2v) is 5.02. The molecule has 1 aromatic heterocycles. The van der Waals surface area contributed by atoms with E-state index in [0.29, 0.717) is 0 Å². The molecular weight excluding hydrogens is 172 g/mol. The summed E-state index contributed by atoms with van der Waals surface area (Å²) in [7, 11) is 0. The normalized spacial score (nSPS) is 16.5. The van der Waals surface area contributed by atoms with Gasteiger partial charge in [0.1, 0.15) is 0 Å². The van der Waals surface area contributed by atoms with E-state index in [9.17, 15) is 0 Å². The molecule has 1 aliphatic heterocycles. The maximum atomic E-state index is 4.52. The van der Waals surface area contributed by atoms with Crippen LogP contribution in [0.4, 0.5) is 0 Å². The number of rotatable bonds is 0. The number of fused-ring (bicyclic) bond motifs is 1. The third-order valence-electron chi connectivity index (χ3n) is 2.74. The Bertz CT molecular complexity index is 337. The van der Waals surface area contributed by atoms with E-state index < -0.39 is 0 Å². The van der Waals surface area contributed by atoms with Crippen LogP contribution in [0.1, 0.15) is 37.6 Å². The number of aromatic nitrogens is 1. The Balaban J connectivity index is 2.39. The van der Waals surface area contributed by atoms with E-state index in [1.165, 1.54) is 16.8 Å². The van der Waals surface area contributed by atoms with Gasteiger partial charge in [-0.2, -0.15) is 0 Å². The molecule has 1 aromatic rings. The third-order valence-corrected chi connectivity index (χ3v) is 2.74. The lowest BCUT2D eigenvalue weighted by Gasteiger charge is -2.22. The molecule has 1 aliphatic rings. The highest BCUT2D eigenvalue weighted by Gasteiger charge is 2.18. The number of hydrogen-bond acceptors (Lipinski definition) is 2. The van der Waals surface area contributed by atoms with E-state index >= 15 is 0 Å². The molecule has 2 heterocycles. The Hall–Kier alpha value is -0.890. The molecule has 0 aliphatic carbocycles. The first-order valence-electron chi connectivity index (χ1n) is 5.26. The summed E-state index contributed by atoms with van der Waals surface area (Å²) in [5, 5.41) is 3.36. The lowest BCUT2D eigenvalue weighted by Crippen LogP contribution is -2.25. The number of hydrogen-bond donors (Lipinski definition) is 1. The summed E-state index contributed by atoms with van der Waals surface area (Å²) in [4.78, 5) is 4.52. The molecule has 0 spiro atoms. The Morgan fingerprint density at radius 3 is 2.79 bits per heavy atom. The maximum absolute atomic E-state index is 4.52. The van der Waals surface area contributed by atoms with Crippen molar-refractivity contribution in [3.8, 4) is 0 Å². The van der Waals surface area contributed by atoms with Crippen LogP contribution in [0.5, 0.6) is 0 Å². The third kappa shape index (κ3) is 1.80. The highest BCUT2D eigenvalue weighted by atomic mass is 14.9. The van der Waals surface area contributed by atoms with Crippen LogP contribution in [0.3, 0.4) is 0 Å². The Labute approximate surface area is 85.7 Å². The van der Waals surface area contributed by atoms with E-state index in [2.05, 4.69) is 37.1 Å². The molecule has 0 radical (unpaired) electrons. The highest BCUT2D eigenvalue weighted by molar-refractivity contribution is 5.31. The van der Waals surface area contributed by atoms with Crippen LogP contribution in [-0.2, 0) is 18.4 Å². The van der Waals surface area contributed by atoms with Crippen LogP contribution < -0.4 is 5.32 Å². The van der Waals surface area contributed by atoms with Gasteiger partial charge in [0.25, 0.3) is 0 Å². The summed E-state index contributed by atoms with van der Waals surface area (Å²) in [6.07, 6.45) is 3.17. The van der Waals surface area contributed by atoms with Crippen LogP contribution in [-0.4, -0.2) is 11.5 Å². The van der Waals surface area contributed by atoms with Crippen LogP contribution in [0.25, 0.3) is 0 Å². The van der Waals surface area contributed by atoms with Crippen LogP contribution >= 0.6 is 0 Å². The zero-order valence-corrected chi connectivity index (χ0v) is 9.22. The highest BCUT2D eigenvalue weighted by Crippen LogP contribution is 2.23. The zero-order chi connectivity index (χ0) is 10.2. The lowest BCUT2D eigenvalue weighted by atomic mass is 9.89. The molecule has 0 atom stereocenters. The van der Waals surface area contributed by atoms with Crippen molar-refractivity contribution in [3.05, 3.63) is 29.1 Å². The van der Waals surface area contributed by atoms with E-state index in [-0.39, 0.29) is 5.41 Å². The van der Waals surface area contributed by atoms with E-state index in [0.717, 1.165) is 19.5 Å². The van der Waals surface area contributed by atoms with Gasteiger partial charge in [-0.3, -0.25) is 4.98 Å². The van der Waals surface area contributed by atoms with Gasteiger partial charge in [-0.15, -0.1) is 0 Å². The average Bonchev–Trinajstić information content (AvgIpc) is 2.16. The fourth-order valence-electron chi connectivity index (χ4n) is 1.77. The first-order chi connectivity index (χ1) is 6.57. The van der Waals surface area contributed by atoms with Crippen molar-refractivity contribution in [3.63, 3.8) is 0 Å².